The maximum absolute atomic E-state index is 12.0. The van der Waals surface area contributed by atoms with Crippen molar-refractivity contribution < 1.29 is 9.53 Å². The number of rotatable bonds is 10. The Morgan fingerprint density at radius 1 is 1.03 bits per heavy atom. The fourth-order valence-electron chi connectivity index (χ4n) is 3.05. The molecule has 0 aliphatic heterocycles. The standard InChI is InChI=1S/C24H32N4O2.HI/c1-3-25-23(29)20-10-7-8-19(14-20)15-27-24(26-4-2)28-16-21-9-5-6-11-22(21)30-17-18-12-13-18;/h5-11,14,18H,3-4,12-13,15-17H2,1-2H3,(H,25,29)(H2,26,27,28);1H. The third-order valence-corrected chi connectivity index (χ3v) is 4.88. The second kappa shape index (κ2) is 13.2. The molecule has 3 N–H and O–H groups in total. The van der Waals surface area contributed by atoms with E-state index in [1.54, 1.807) is 0 Å². The molecule has 1 fully saturated rings. The minimum atomic E-state index is -0.0591. The van der Waals surface area contributed by atoms with Crippen LogP contribution in [0.3, 0.4) is 0 Å². The van der Waals surface area contributed by atoms with E-state index < -0.39 is 0 Å². The molecule has 2 aromatic rings. The summed E-state index contributed by atoms with van der Waals surface area (Å²) in [7, 11) is 0. The van der Waals surface area contributed by atoms with Gasteiger partial charge in [0.05, 0.1) is 13.2 Å². The van der Waals surface area contributed by atoms with Gasteiger partial charge in [-0.25, -0.2) is 4.99 Å². The van der Waals surface area contributed by atoms with Crippen LogP contribution in [0.4, 0.5) is 0 Å². The lowest BCUT2D eigenvalue weighted by Crippen LogP contribution is -2.36. The molecule has 1 aliphatic carbocycles. The molecule has 6 nitrogen and oxygen atoms in total. The SMILES string of the molecule is CCNC(=O)c1cccc(CN=C(NCC)NCc2ccccc2OCC2CC2)c1.I. The molecule has 31 heavy (non-hydrogen) atoms. The van der Waals surface area contributed by atoms with Crippen LogP contribution in [0.15, 0.2) is 53.5 Å². The van der Waals surface area contributed by atoms with Crippen LogP contribution in [0.25, 0.3) is 0 Å². The Bertz CT molecular complexity index is 868. The molecule has 0 heterocycles. The molecule has 0 saturated heterocycles. The van der Waals surface area contributed by atoms with E-state index in [0.29, 0.717) is 25.2 Å². The fourth-order valence-corrected chi connectivity index (χ4v) is 3.05. The molecule has 0 spiro atoms. The number of hydrogen-bond acceptors (Lipinski definition) is 3. The minimum Gasteiger partial charge on any atom is -0.493 e. The third-order valence-electron chi connectivity index (χ3n) is 4.88. The Labute approximate surface area is 202 Å². The summed E-state index contributed by atoms with van der Waals surface area (Å²) in [6, 6.07) is 15.7. The monoisotopic (exact) mass is 536 g/mol. The van der Waals surface area contributed by atoms with Crippen molar-refractivity contribution in [3.8, 4) is 5.75 Å². The van der Waals surface area contributed by atoms with Crippen molar-refractivity contribution in [3.63, 3.8) is 0 Å². The van der Waals surface area contributed by atoms with Gasteiger partial charge in [0.15, 0.2) is 5.96 Å². The smallest absolute Gasteiger partial charge is 0.251 e. The molecule has 1 amide bonds. The molecule has 0 radical (unpaired) electrons. The molecule has 0 atom stereocenters. The van der Waals surface area contributed by atoms with Crippen LogP contribution in [0.1, 0.15) is 48.2 Å². The number of nitrogens with zero attached hydrogens (tertiary/aromatic N) is 1. The lowest BCUT2D eigenvalue weighted by molar-refractivity contribution is 0.0955. The highest BCUT2D eigenvalue weighted by molar-refractivity contribution is 14.0. The zero-order chi connectivity index (χ0) is 21.2. The summed E-state index contributed by atoms with van der Waals surface area (Å²) in [5.41, 5.74) is 2.76. The minimum absolute atomic E-state index is 0. The number of para-hydroxylation sites is 1. The number of hydrogen-bond donors (Lipinski definition) is 3. The van der Waals surface area contributed by atoms with Gasteiger partial charge in [-0.05, 0) is 56.4 Å². The highest BCUT2D eigenvalue weighted by Crippen LogP contribution is 2.30. The van der Waals surface area contributed by atoms with Gasteiger partial charge in [0.2, 0.25) is 0 Å². The Kier molecular flexibility index (Phi) is 10.6. The maximum atomic E-state index is 12.0. The van der Waals surface area contributed by atoms with E-state index >= 15 is 0 Å². The van der Waals surface area contributed by atoms with E-state index in [-0.39, 0.29) is 29.9 Å². The molecular weight excluding hydrogens is 503 g/mol. The van der Waals surface area contributed by atoms with E-state index in [9.17, 15) is 4.79 Å². The third kappa shape index (κ3) is 8.40. The molecule has 0 aromatic heterocycles. The second-order valence-corrected chi connectivity index (χ2v) is 7.47. The Hall–Kier alpha value is -2.29. The highest BCUT2D eigenvalue weighted by Gasteiger charge is 2.22. The predicted octanol–water partition coefficient (Wildman–Crippen LogP) is 4.10. The summed E-state index contributed by atoms with van der Waals surface area (Å²) in [5, 5.41) is 9.50. The lowest BCUT2D eigenvalue weighted by Gasteiger charge is -2.14. The van der Waals surface area contributed by atoms with E-state index in [1.165, 1.54) is 12.8 Å². The van der Waals surface area contributed by atoms with E-state index in [1.807, 2.05) is 56.3 Å². The Balaban J connectivity index is 0.00000341. The number of nitrogens with one attached hydrogen (secondary N) is 3. The zero-order valence-corrected chi connectivity index (χ0v) is 20.6. The maximum Gasteiger partial charge on any atom is 0.251 e. The average Bonchev–Trinajstić information content (AvgIpc) is 3.60. The van der Waals surface area contributed by atoms with Crippen molar-refractivity contribution in [1.29, 1.82) is 0 Å². The van der Waals surface area contributed by atoms with Crippen LogP contribution in [0.5, 0.6) is 5.75 Å². The average molecular weight is 536 g/mol. The Morgan fingerprint density at radius 2 is 1.81 bits per heavy atom. The highest BCUT2D eigenvalue weighted by atomic mass is 127. The number of aliphatic imine (C=N–C) groups is 1. The van der Waals surface area contributed by atoms with Crippen LogP contribution < -0.4 is 20.7 Å². The molecule has 7 heteroatoms. The summed E-state index contributed by atoms with van der Waals surface area (Å²) in [4.78, 5) is 16.7. The first kappa shape index (κ1) is 25.0. The van der Waals surface area contributed by atoms with Gasteiger partial charge in [-0.2, -0.15) is 0 Å². The number of amides is 1. The number of guanidine groups is 1. The molecule has 0 unspecified atom stereocenters. The largest absolute Gasteiger partial charge is 0.493 e. The van der Waals surface area contributed by atoms with E-state index in [4.69, 9.17) is 4.74 Å². The zero-order valence-electron chi connectivity index (χ0n) is 18.3. The first-order valence-corrected chi connectivity index (χ1v) is 10.8. The quantitative estimate of drug-likeness (QED) is 0.243. The number of benzene rings is 2. The summed E-state index contributed by atoms with van der Waals surface area (Å²) >= 11 is 0. The first-order valence-electron chi connectivity index (χ1n) is 10.8. The number of carbonyl (C=O) groups excluding carboxylic acids is 1. The molecule has 0 bridgehead atoms. The fraction of sp³-hybridized carbons (Fsp3) is 0.417. The van der Waals surface area contributed by atoms with E-state index in [2.05, 4.69) is 27.0 Å². The summed E-state index contributed by atoms with van der Waals surface area (Å²) in [6.45, 7) is 7.25. The lowest BCUT2D eigenvalue weighted by atomic mass is 10.1. The Morgan fingerprint density at radius 3 is 2.55 bits per heavy atom. The van der Waals surface area contributed by atoms with Crippen LogP contribution in [-0.4, -0.2) is 31.6 Å². The van der Waals surface area contributed by atoms with Gasteiger partial charge in [-0.15, -0.1) is 24.0 Å². The van der Waals surface area contributed by atoms with E-state index in [0.717, 1.165) is 41.9 Å². The predicted molar refractivity (Wildman–Crippen MR) is 136 cm³/mol. The van der Waals surface area contributed by atoms with Gasteiger partial charge in [0.1, 0.15) is 5.75 Å². The molecule has 1 aliphatic rings. The number of carbonyl (C=O) groups is 1. The van der Waals surface area contributed by atoms with Gasteiger partial charge in [0, 0.05) is 30.8 Å². The summed E-state index contributed by atoms with van der Waals surface area (Å²) in [5.74, 6) is 2.33. The van der Waals surface area contributed by atoms with Crippen molar-refractivity contribution >= 4 is 35.8 Å². The molecule has 2 aromatic carbocycles. The van der Waals surface area contributed by atoms with Crippen LogP contribution in [0, 0.1) is 5.92 Å². The van der Waals surface area contributed by atoms with Gasteiger partial charge in [0.25, 0.3) is 5.91 Å². The molecule has 1 saturated carbocycles. The van der Waals surface area contributed by atoms with Crippen molar-refractivity contribution in [2.75, 3.05) is 19.7 Å². The summed E-state index contributed by atoms with van der Waals surface area (Å²) in [6.07, 6.45) is 2.55. The van der Waals surface area contributed by atoms with Crippen LogP contribution >= 0.6 is 24.0 Å². The van der Waals surface area contributed by atoms with Gasteiger partial charge in [-0.1, -0.05) is 30.3 Å². The molecule has 3 rings (SSSR count). The molecule has 168 valence electrons. The van der Waals surface area contributed by atoms with Gasteiger partial charge in [-0.3, -0.25) is 4.79 Å². The summed E-state index contributed by atoms with van der Waals surface area (Å²) < 4.78 is 6.00. The van der Waals surface area contributed by atoms with Crippen molar-refractivity contribution in [3.05, 3.63) is 65.2 Å². The van der Waals surface area contributed by atoms with Crippen molar-refractivity contribution in [2.24, 2.45) is 10.9 Å². The van der Waals surface area contributed by atoms with Gasteiger partial charge < -0.3 is 20.7 Å². The molecular formula is C24H33IN4O2. The number of ether oxygens (including phenoxy) is 1. The number of halogens is 1. The van der Waals surface area contributed by atoms with Crippen molar-refractivity contribution in [2.45, 2.75) is 39.8 Å². The van der Waals surface area contributed by atoms with Crippen molar-refractivity contribution in [1.82, 2.24) is 16.0 Å². The first-order chi connectivity index (χ1) is 14.7. The van der Waals surface area contributed by atoms with Gasteiger partial charge >= 0.3 is 0 Å². The van der Waals surface area contributed by atoms with Crippen LogP contribution in [-0.2, 0) is 13.1 Å². The second-order valence-electron chi connectivity index (χ2n) is 7.47. The topological polar surface area (TPSA) is 74.8 Å². The normalized spacial score (nSPS) is 13.2. The van der Waals surface area contributed by atoms with Crippen LogP contribution in [0.2, 0.25) is 0 Å².